The molecule has 2 heterocycles. The first-order valence-electron chi connectivity index (χ1n) is 10.1. The van der Waals surface area contributed by atoms with Crippen molar-refractivity contribution in [3.8, 4) is 0 Å². The summed E-state index contributed by atoms with van der Waals surface area (Å²) in [6, 6.07) is 20.8. The van der Waals surface area contributed by atoms with Crippen molar-refractivity contribution in [2.45, 2.75) is 37.8 Å². The average molecular weight is 372 g/mol. The highest BCUT2D eigenvalue weighted by molar-refractivity contribution is 5.92. The van der Waals surface area contributed by atoms with Crippen molar-refractivity contribution in [3.05, 3.63) is 83.7 Å². The average Bonchev–Trinajstić information content (AvgIpc) is 3.34. The van der Waals surface area contributed by atoms with E-state index < -0.39 is 0 Å². The van der Waals surface area contributed by atoms with Crippen molar-refractivity contribution >= 4 is 5.91 Å². The number of carbonyl (C=O) groups is 1. The van der Waals surface area contributed by atoms with Gasteiger partial charge in [-0.3, -0.25) is 4.79 Å². The Bertz CT molecular complexity index is 914. The predicted octanol–water partition coefficient (Wildman–Crippen LogP) is 3.93. The summed E-state index contributed by atoms with van der Waals surface area (Å²) in [6.45, 7) is 0.872. The Hall–Kier alpha value is -2.95. The molecule has 1 amide bonds. The summed E-state index contributed by atoms with van der Waals surface area (Å²) < 4.78 is 1.82. The Morgan fingerprint density at radius 1 is 0.964 bits per heavy atom. The van der Waals surface area contributed by atoms with E-state index in [4.69, 9.17) is 0 Å². The molecule has 28 heavy (non-hydrogen) atoms. The van der Waals surface area contributed by atoms with Crippen LogP contribution in [-0.2, 0) is 0 Å². The standard InChI is InChI=1S/C23H24N4O/c28-23(26-15-17-8-7-13-20(26)14-17)21-16-27(25-24-21)22(18-9-3-1-4-10-18)19-11-5-2-6-12-19/h1-6,9-12,16-17,20,22H,7-8,13-15H2/t17-,20+/m1/s1. The number of rotatable bonds is 4. The van der Waals surface area contributed by atoms with Crippen LogP contribution in [-0.4, -0.2) is 38.4 Å². The van der Waals surface area contributed by atoms with Gasteiger partial charge in [0.15, 0.2) is 5.69 Å². The second-order valence-electron chi connectivity index (χ2n) is 7.95. The highest BCUT2D eigenvalue weighted by atomic mass is 16.2. The molecule has 5 rings (SSSR count). The van der Waals surface area contributed by atoms with Gasteiger partial charge in [0.2, 0.25) is 0 Å². The molecule has 0 spiro atoms. The number of carbonyl (C=O) groups excluding carboxylic acids is 1. The van der Waals surface area contributed by atoms with E-state index in [2.05, 4.69) is 34.6 Å². The van der Waals surface area contributed by atoms with Crippen LogP contribution >= 0.6 is 0 Å². The molecule has 2 aromatic carbocycles. The Balaban J connectivity index is 1.47. The van der Waals surface area contributed by atoms with Crippen LogP contribution < -0.4 is 0 Å². The Labute approximate surface area is 165 Å². The van der Waals surface area contributed by atoms with Crippen LogP contribution in [0.15, 0.2) is 66.9 Å². The first-order chi connectivity index (χ1) is 13.8. The van der Waals surface area contributed by atoms with Crippen LogP contribution in [0.1, 0.15) is 53.3 Å². The van der Waals surface area contributed by atoms with Crippen LogP contribution in [0.25, 0.3) is 0 Å². The zero-order valence-electron chi connectivity index (χ0n) is 15.8. The van der Waals surface area contributed by atoms with Crippen LogP contribution in [0, 0.1) is 5.92 Å². The van der Waals surface area contributed by atoms with Gasteiger partial charge in [0.05, 0.1) is 6.20 Å². The van der Waals surface area contributed by atoms with Gasteiger partial charge in [-0.25, -0.2) is 4.68 Å². The van der Waals surface area contributed by atoms with Crippen LogP contribution in [0.4, 0.5) is 0 Å². The molecule has 1 aliphatic carbocycles. The maximum absolute atomic E-state index is 13.1. The Morgan fingerprint density at radius 2 is 1.64 bits per heavy atom. The van der Waals surface area contributed by atoms with Gasteiger partial charge in [0, 0.05) is 12.6 Å². The molecular weight excluding hydrogens is 348 g/mol. The molecule has 1 aromatic heterocycles. The molecule has 1 aliphatic heterocycles. The van der Waals surface area contributed by atoms with E-state index in [-0.39, 0.29) is 11.9 Å². The van der Waals surface area contributed by atoms with Gasteiger partial charge in [0.25, 0.3) is 5.91 Å². The van der Waals surface area contributed by atoms with Gasteiger partial charge < -0.3 is 4.90 Å². The van der Waals surface area contributed by atoms with Crippen LogP contribution in [0.3, 0.4) is 0 Å². The normalized spacial score (nSPS) is 21.2. The fourth-order valence-electron chi connectivity index (χ4n) is 4.80. The molecule has 1 saturated carbocycles. The molecule has 2 aliphatic rings. The second-order valence-corrected chi connectivity index (χ2v) is 7.95. The molecule has 0 N–H and O–H groups in total. The summed E-state index contributed by atoms with van der Waals surface area (Å²) in [5.41, 5.74) is 2.69. The van der Waals surface area contributed by atoms with E-state index in [1.807, 2.05) is 52.2 Å². The summed E-state index contributed by atoms with van der Waals surface area (Å²) in [6.07, 6.45) is 6.56. The summed E-state index contributed by atoms with van der Waals surface area (Å²) in [7, 11) is 0. The van der Waals surface area contributed by atoms with E-state index in [1.54, 1.807) is 0 Å². The summed E-state index contributed by atoms with van der Waals surface area (Å²) in [4.78, 5) is 15.1. The van der Waals surface area contributed by atoms with Gasteiger partial charge in [-0.15, -0.1) is 5.10 Å². The lowest BCUT2D eigenvalue weighted by Gasteiger charge is -2.23. The lowest BCUT2D eigenvalue weighted by molar-refractivity contribution is 0.0727. The topological polar surface area (TPSA) is 51.0 Å². The van der Waals surface area contributed by atoms with Crippen molar-refractivity contribution in [2.75, 3.05) is 6.54 Å². The van der Waals surface area contributed by atoms with Crippen molar-refractivity contribution in [1.29, 1.82) is 0 Å². The van der Waals surface area contributed by atoms with Crippen molar-refractivity contribution in [2.24, 2.45) is 5.92 Å². The number of aromatic nitrogens is 3. The Morgan fingerprint density at radius 3 is 2.29 bits per heavy atom. The second kappa shape index (κ2) is 7.23. The quantitative estimate of drug-likeness (QED) is 0.697. The maximum atomic E-state index is 13.1. The van der Waals surface area contributed by atoms with Gasteiger partial charge in [-0.1, -0.05) is 72.3 Å². The van der Waals surface area contributed by atoms with Crippen molar-refractivity contribution in [1.82, 2.24) is 19.9 Å². The summed E-state index contributed by atoms with van der Waals surface area (Å²) in [5.74, 6) is 0.694. The third-order valence-corrected chi connectivity index (χ3v) is 6.14. The molecule has 0 unspecified atom stereocenters. The number of likely N-dealkylation sites (tertiary alicyclic amines) is 1. The summed E-state index contributed by atoms with van der Waals surface area (Å²) in [5, 5.41) is 8.63. The fraction of sp³-hybridized carbons (Fsp3) is 0.348. The smallest absolute Gasteiger partial charge is 0.276 e. The van der Waals surface area contributed by atoms with Gasteiger partial charge in [0.1, 0.15) is 6.04 Å². The molecule has 2 bridgehead atoms. The monoisotopic (exact) mass is 372 g/mol. The van der Waals surface area contributed by atoms with Crippen molar-refractivity contribution in [3.63, 3.8) is 0 Å². The third kappa shape index (κ3) is 3.11. The first kappa shape index (κ1) is 17.2. The number of amides is 1. The number of hydrogen-bond acceptors (Lipinski definition) is 3. The lowest BCUT2D eigenvalue weighted by Crippen LogP contribution is -2.35. The molecule has 3 aromatic rings. The van der Waals surface area contributed by atoms with Crippen LogP contribution in [0.5, 0.6) is 0 Å². The minimum atomic E-state index is -0.103. The van der Waals surface area contributed by atoms with Crippen molar-refractivity contribution < 1.29 is 4.79 Å². The number of benzene rings is 2. The predicted molar refractivity (Wildman–Crippen MR) is 107 cm³/mol. The fourth-order valence-corrected chi connectivity index (χ4v) is 4.80. The zero-order chi connectivity index (χ0) is 18.9. The largest absolute Gasteiger partial charge is 0.334 e. The molecule has 0 radical (unpaired) electrons. The zero-order valence-corrected chi connectivity index (χ0v) is 15.8. The maximum Gasteiger partial charge on any atom is 0.276 e. The van der Waals surface area contributed by atoms with E-state index >= 15 is 0 Å². The minimum Gasteiger partial charge on any atom is -0.334 e. The van der Waals surface area contributed by atoms with E-state index in [0.717, 1.165) is 30.5 Å². The summed E-state index contributed by atoms with van der Waals surface area (Å²) >= 11 is 0. The number of fused-ring (bicyclic) bond motifs is 2. The van der Waals surface area contributed by atoms with Gasteiger partial charge >= 0.3 is 0 Å². The molecule has 5 heteroatoms. The van der Waals surface area contributed by atoms with E-state index in [1.165, 1.54) is 12.8 Å². The lowest BCUT2D eigenvalue weighted by atomic mass is 9.90. The highest BCUT2D eigenvalue weighted by Gasteiger charge is 2.38. The molecule has 5 nitrogen and oxygen atoms in total. The molecule has 2 fully saturated rings. The van der Waals surface area contributed by atoms with Crippen LogP contribution in [0.2, 0.25) is 0 Å². The number of nitrogens with zero attached hydrogens (tertiary/aromatic N) is 4. The SMILES string of the molecule is O=C(c1cn(C(c2ccccc2)c2ccccc2)nn1)N1C[C@@H]2CCC[C@H]1C2. The Kier molecular flexibility index (Phi) is 4.43. The van der Waals surface area contributed by atoms with E-state index in [0.29, 0.717) is 17.7 Å². The molecule has 142 valence electrons. The molecule has 1 saturated heterocycles. The third-order valence-electron chi connectivity index (χ3n) is 6.14. The first-order valence-corrected chi connectivity index (χ1v) is 10.1. The van der Waals surface area contributed by atoms with Gasteiger partial charge in [-0.2, -0.15) is 0 Å². The highest BCUT2D eigenvalue weighted by Crippen LogP contribution is 2.36. The molecular formula is C23H24N4O. The molecule has 2 atom stereocenters. The number of hydrogen-bond donors (Lipinski definition) is 0. The van der Waals surface area contributed by atoms with E-state index in [9.17, 15) is 4.79 Å². The minimum absolute atomic E-state index is 0.0283. The van der Waals surface area contributed by atoms with Gasteiger partial charge in [-0.05, 0) is 36.3 Å².